The van der Waals surface area contributed by atoms with Gasteiger partial charge in [0.15, 0.2) is 23.3 Å². The zero-order chi connectivity index (χ0) is 19.0. The molecule has 0 aliphatic carbocycles. The summed E-state index contributed by atoms with van der Waals surface area (Å²) < 4.78 is 72.5. The summed E-state index contributed by atoms with van der Waals surface area (Å²) in [7, 11) is 0. The topological polar surface area (TPSA) is 49.9 Å². The van der Waals surface area contributed by atoms with Crippen LogP contribution < -0.4 is 0 Å². The van der Waals surface area contributed by atoms with E-state index in [1.807, 2.05) is 0 Å². The molecule has 1 aromatic rings. The van der Waals surface area contributed by atoms with Crippen LogP contribution in [-0.2, 0) is 9.53 Å². The van der Waals surface area contributed by atoms with Crippen molar-refractivity contribution < 1.29 is 36.3 Å². The van der Waals surface area contributed by atoms with Crippen molar-refractivity contribution in [1.82, 2.24) is 9.80 Å². The quantitative estimate of drug-likeness (QED) is 0.448. The molecule has 2 aliphatic heterocycles. The van der Waals surface area contributed by atoms with Gasteiger partial charge in [-0.1, -0.05) is 0 Å². The van der Waals surface area contributed by atoms with Crippen molar-refractivity contribution in [2.45, 2.75) is 18.9 Å². The van der Waals surface area contributed by atoms with Gasteiger partial charge in [0.05, 0.1) is 0 Å². The van der Waals surface area contributed by atoms with Crippen molar-refractivity contribution in [3.63, 3.8) is 0 Å². The molecule has 2 saturated heterocycles. The summed E-state index contributed by atoms with van der Waals surface area (Å²) in [5, 5.41) is 0. The number of halogens is 5. The first-order valence-corrected chi connectivity index (χ1v) is 8.04. The van der Waals surface area contributed by atoms with Crippen LogP contribution in [-0.4, -0.2) is 60.5 Å². The van der Waals surface area contributed by atoms with E-state index in [0.717, 1.165) is 11.3 Å². The Morgan fingerprint density at radius 1 is 0.808 bits per heavy atom. The molecule has 2 heterocycles. The Bertz CT molecular complexity index is 715. The van der Waals surface area contributed by atoms with Gasteiger partial charge in [-0.3, -0.25) is 9.59 Å². The van der Waals surface area contributed by atoms with Crippen molar-refractivity contribution >= 4 is 11.8 Å². The maximum atomic E-state index is 13.8. The Morgan fingerprint density at radius 2 is 1.31 bits per heavy atom. The van der Waals surface area contributed by atoms with Gasteiger partial charge >= 0.3 is 0 Å². The number of amides is 2. The lowest BCUT2D eigenvalue weighted by Crippen LogP contribution is -2.53. The highest BCUT2D eigenvalue weighted by Crippen LogP contribution is 2.25. The number of carbonyl (C=O) groups is 2. The molecule has 0 bridgehead atoms. The molecule has 1 aromatic carbocycles. The van der Waals surface area contributed by atoms with Gasteiger partial charge in [0.25, 0.3) is 11.8 Å². The molecule has 10 heteroatoms. The Hall–Kier alpha value is -2.23. The van der Waals surface area contributed by atoms with E-state index in [0.29, 0.717) is 13.0 Å². The summed E-state index contributed by atoms with van der Waals surface area (Å²) in [6.45, 7) is 0.488. The Morgan fingerprint density at radius 3 is 1.81 bits per heavy atom. The fourth-order valence-corrected chi connectivity index (χ4v) is 3.06. The lowest BCUT2D eigenvalue weighted by Gasteiger charge is -2.35. The first-order chi connectivity index (χ1) is 12.3. The fraction of sp³-hybridized carbons (Fsp3) is 0.500. The van der Waals surface area contributed by atoms with E-state index in [-0.39, 0.29) is 32.1 Å². The molecule has 2 fully saturated rings. The molecule has 26 heavy (non-hydrogen) atoms. The third-order valence-corrected chi connectivity index (χ3v) is 4.51. The molecule has 3 rings (SSSR count). The van der Waals surface area contributed by atoms with Gasteiger partial charge in [0, 0.05) is 32.8 Å². The highest BCUT2D eigenvalue weighted by atomic mass is 19.2. The second-order valence-corrected chi connectivity index (χ2v) is 6.06. The average molecular weight is 378 g/mol. The smallest absolute Gasteiger partial charge is 0.260 e. The van der Waals surface area contributed by atoms with Crippen molar-refractivity contribution in [3.05, 3.63) is 34.6 Å². The number of hydrogen-bond acceptors (Lipinski definition) is 3. The zero-order valence-electron chi connectivity index (χ0n) is 13.5. The number of hydrogen-bond donors (Lipinski definition) is 0. The zero-order valence-corrected chi connectivity index (χ0v) is 13.5. The number of rotatable bonds is 2. The minimum atomic E-state index is -2.32. The number of benzene rings is 1. The van der Waals surface area contributed by atoms with Gasteiger partial charge in [-0.15, -0.1) is 0 Å². The number of ether oxygens (including phenoxy) is 1. The maximum Gasteiger partial charge on any atom is 0.260 e. The number of piperazine rings is 1. The first-order valence-electron chi connectivity index (χ1n) is 8.04. The van der Waals surface area contributed by atoms with Crippen LogP contribution in [0, 0.1) is 29.1 Å². The van der Waals surface area contributed by atoms with E-state index in [9.17, 15) is 31.5 Å². The average Bonchev–Trinajstić information content (AvgIpc) is 3.19. The van der Waals surface area contributed by atoms with Crippen LogP contribution in [0.15, 0.2) is 0 Å². The lowest BCUT2D eigenvalue weighted by atomic mass is 10.1. The maximum absolute atomic E-state index is 13.8. The van der Waals surface area contributed by atoms with Gasteiger partial charge in [-0.05, 0) is 12.8 Å². The molecular formula is C16H15F5N2O3. The second kappa shape index (κ2) is 7.18. The summed E-state index contributed by atoms with van der Waals surface area (Å²) in [4.78, 5) is 26.9. The molecule has 2 amide bonds. The van der Waals surface area contributed by atoms with E-state index in [1.165, 1.54) is 4.90 Å². The molecule has 0 radical (unpaired) electrons. The SMILES string of the molecule is O=C(c1c(F)c(F)c(F)c(F)c1F)N1CCN(C(=O)[C@H]2CCCO2)CC1. The summed E-state index contributed by atoms with van der Waals surface area (Å²) in [6.07, 6.45) is 0.838. The molecule has 2 aliphatic rings. The minimum absolute atomic E-state index is 0.0832. The molecule has 142 valence electrons. The van der Waals surface area contributed by atoms with Gasteiger partial charge in [-0.2, -0.15) is 0 Å². The summed E-state index contributed by atoms with van der Waals surface area (Å²) in [5.41, 5.74) is -1.49. The lowest BCUT2D eigenvalue weighted by molar-refractivity contribution is -0.142. The first kappa shape index (κ1) is 18.6. The monoisotopic (exact) mass is 378 g/mol. The predicted molar refractivity (Wildman–Crippen MR) is 77.7 cm³/mol. The van der Waals surface area contributed by atoms with Gasteiger partial charge in [0.1, 0.15) is 11.7 Å². The van der Waals surface area contributed by atoms with Crippen LogP contribution >= 0.6 is 0 Å². The molecule has 5 nitrogen and oxygen atoms in total. The number of carbonyl (C=O) groups excluding carboxylic acids is 2. The summed E-state index contributed by atoms with van der Waals surface area (Å²) in [5.74, 6) is -12.5. The van der Waals surface area contributed by atoms with Gasteiger partial charge in [-0.25, -0.2) is 22.0 Å². The van der Waals surface area contributed by atoms with E-state index in [1.54, 1.807) is 0 Å². The largest absolute Gasteiger partial charge is 0.368 e. The Kier molecular flexibility index (Phi) is 5.12. The Balaban J connectivity index is 1.72. The van der Waals surface area contributed by atoms with Crippen LogP contribution in [0.3, 0.4) is 0 Å². The third-order valence-electron chi connectivity index (χ3n) is 4.51. The number of nitrogens with zero attached hydrogens (tertiary/aromatic N) is 2. The van der Waals surface area contributed by atoms with Crippen molar-refractivity contribution in [2.75, 3.05) is 32.8 Å². The van der Waals surface area contributed by atoms with Crippen LogP contribution in [0.4, 0.5) is 22.0 Å². The minimum Gasteiger partial charge on any atom is -0.368 e. The molecule has 0 spiro atoms. The van der Waals surface area contributed by atoms with Crippen LogP contribution in [0.1, 0.15) is 23.2 Å². The fourth-order valence-electron chi connectivity index (χ4n) is 3.06. The normalized spacial score (nSPS) is 20.6. The van der Waals surface area contributed by atoms with E-state index in [2.05, 4.69) is 0 Å². The Labute approximate surface area is 145 Å². The van der Waals surface area contributed by atoms with Crippen molar-refractivity contribution in [3.8, 4) is 0 Å². The van der Waals surface area contributed by atoms with Crippen LogP contribution in [0.2, 0.25) is 0 Å². The molecular weight excluding hydrogens is 363 g/mol. The van der Waals surface area contributed by atoms with E-state index >= 15 is 0 Å². The summed E-state index contributed by atoms with van der Waals surface area (Å²) >= 11 is 0. The van der Waals surface area contributed by atoms with Crippen LogP contribution in [0.25, 0.3) is 0 Å². The van der Waals surface area contributed by atoms with Crippen LogP contribution in [0.5, 0.6) is 0 Å². The molecule has 0 saturated carbocycles. The van der Waals surface area contributed by atoms with E-state index < -0.39 is 46.7 Å². The highest BCUT2D eigenvalue weighted by molar-refractivity contribution is 5.95. The molecule has 0 unspecified atom stereocenters. The second-order valence-electron chi connectivity index (χ2n) is 6.06. The molecule has 0 aromatic heterocycles. The van der Waals surface area contributed by atoms with Crippen molar-refractivity contribution in [2.24, 2.45) is 0 Å². The highest BCUT2D eigenvalue weighted by Gasteiger charge is 2.35. The summed E-state index contributed by atoms with van der Waals surface area (Å²) in [6, 6.07) is 0. The van der Waals surface area contributed by atoms with Crippen molar-refractivity contribution in [1.29, 1.82) is 0 Å². The predicted octanol–water partition coefficient (Wildman–Crippen LogP) is 1.85. The standard InChI is InChI=1S/C16H15F5N2O3/c17-10-9(11(18)13(20)14(21)12(10)19)16(25)23-5-3-22(4-6-23)15(24)8-2-1-7-26-8/h8H,1-7H2/t8-/m1/s1. The third kappa shape index (κ3) is 3.13. The molecule has 1 atom stereocenters. The molecule has 0 N–H and O–H groups in total. The van der Waals surface area contributed by atoms with Gasteiger partial charge < -0.3 is 14.5 Å². The van der Waals surface area contributed by atoms with E-state index in [4.69, 9.17) is 4.74 Å². The van der Waals surface area contributed by atoms with Gasteiger partial charge in [0.2, 0.25) is 5.82 Å².